The third-order valence-electron chi connectivity index (χ3n) is 2.74. The van der Waals surface area contributed by atoms with E-state index in [1.165, 1.54) is 0 Å². The monoisotopic (exact) mass is 259 g/mol. The number of nitrogens with zero attached hydrogens (tertiary/aromatic N) is 2. The van der Waals surface area contributed by atoms with Gasteiger partial charge in [0.05, 0.1) is 12.2 Å². The van der Waals surface area contributed by atoms with Crippen LogP contribution < -0.4 is 16.4 Å². The van der Waals surface area contributed by atoms with Crippen molar-refractivity contribution in [3.63, 3.8) is 0 Å². The van der Waals surface area contributed by atoms with Crippen molar-refractivity contribution in [1.29, 1.82) is 0 Å². The molecule has 6 heteroatoms. The summed E-state index contributed by atoms with van der Waals surface area (Å²) in [6.45, 7) is 2.05. The number of hydrogen-bond acceptors (Lipinski definition) is 3. The Kier molecular flexibility index (Phi) is 3.70. The van der Waals surface area contributed by atoms with E-state index < -0.39 is 6.03 Å². The number of primary amides is 1. The summed E-state index contributed by atoms with van der Waals surface area (Å²) >= 11 is 0. The van der Waals surface area contributed by atoms with Gasteiger partial charge >= 0.3 is 6.03 Å². The van der Waals surface area contributed by atoms with E-state index >= 15 is 0 Å². The number of urea groups is 1. The van der Waals surface area contributed by atoms with Gasteiger partial charge in [-0.05, 0) is 25.1 Å². The van der Waals surface area contributed by atoms with Gasteiger partial charge in [-0.3, -0.25) is 4.68 Å². The minimum atomic E-state index is -0.572. The van der Waals surface area contributed by atoms with Crippen LogP contribution >= 0.6 is 0 Å². The zero-order chi connectivity index (χ0) is 13.8. The number of rotatable bonds is 4. The third kappa shape index (κ3) is 3.48. The van der Waals surface area contributed by atoms with Crippen LogP contribution in [0.2, 0.25) is 0 Å². The molecule has 4 N–H and O–H groups in total. The molecule has 0 radical (unpaired) electrons. The molecule has 0 saturated heterocycles. The summed E-state index contributed by atoms with van der Waals surface area (Å²) in [7, 11) is 1.88. The summed E-state index contributed by atoms with van der Waals surface area (Å²) in [5.41, 5.74) is 7.75. The first-order chi connectivity index (χ1) is 9.04. The molecule has 100 valence electrons. The van der Waals surface area contributed by atoms with Crippen molar-refractivity contribution in [2.24, 2.45) is 12.8 Å². The first kappa shape index (κ1) is 12.9. The SMILES string of the molecule is CC(Nc1cccc(NC(N)=O)c1)c1cnn(C)c1. The van der Waals surface area contributed by atoms with E-state index in [1.807, 2.05) is 44.6 Å². The van der Waals surface area contributed by atoms with Crippen molar-refractivity contribution in [3.8, 4) is 0 Å². The fourth-order valence-electron chi connectivity index (χ4n) is 1.83. The standard InChI is InChI=1S/C13H17N5O/c1-9(10-7-15-18(2)8-10)16-11-4-3-5-12(6-11)17-13(14)19/h3-9,16H,1-2H3,(H3,14,17,19). The number of hydrogen-bond donors (Lipinski definition) is 3. The Balaban J connectivity index is 2.08. The minimum absolute atomic E-state index is 0.123. The molecule has 6 nitrogen and oxygen atoms in total. The van der Waals surface area contributed by atoms with Crippen LogP contribution in [0.5, 0.6) is 0 Å². The molecule has 0 aliphatic heterocycles. The number of amides is 2. The molecule has 19 heavy (non-hydrogen) atoms. The molecule has 0 bridgehead atoms. The Labute approximate surface area is 111 Å². The minimum Gasteiger partial charge on any atom is -0.378 e. The van der Waals surface area contributed by atoms with Gasteiger partial charge in [-0.15, -0.1) is 0 Å². The number of benzene rings is 1. The second-order valence-corrected chi connectivity index (χ2v) is 4.38. The third-order valence-corrected chi connectivity index (χ3v) is 2.74. The van der Waals surface area contributed by atoms with Crippen LogP contribution in [0.1, 0.15) is 18.5 Å². The van der Waals surface area contributed by atoms with Gasteiger partial charge in [0, 0.05) is 30.2 Å². The van der Waals surface area contributed by atoms with E-state index in [-0.39, 0.29) is 6.04 Å². The van der Waals surface area contributed by atoms with Crippen molar-refractivity contribution in [3.05, 3.63) is 42.2 Å². The van der Waals surface area contributed by atoms with Crippen molar-refractivity contribution in [2.75, 3.05) is 10.6 Å². The van der Waals surface area contributed by atoms with E-state index in [1.54, 1.807) is 10.7 Å². The van der Waals surface area contributed by atoms with Crippen LogP contribution in [-0.2, 0) is 7.05 Å². The second kappa shape index (κ2) is 5.43. The maximum absolute atomic E-state index is 10.8. The summed E-state index contributed by atoms with van der Waals surface area (Å²) in [5, 5.41) is 10.0. The molecule has 1 unspecified atom stereocenters. The Morgan fingerprint density at radius 2 is 2.16 bits per heavy atom. The molecular weight excluding hydrogens is 242 g/mol. The summed E-state index contributed by atoms with van der Waals surface area (Å²) < 4.78 is 1.76. The summed E-state index contributed by atoms with van der Waals surface area (Å²) in [6, 6.07) is 6.94. The Bertz CT molecular complexity index is 578. The van der Waals surface area contributed by atoms with Gasteiger partial charge in [0.1, 0.15) is 0 Å². The smallest absolute Gasteiger partial charge is 0.316 e. The molecule has 0 aliphatic rings. The first-order valence-electron chi connectivity index (χ1n) is 5.96. The lowest BCUT2D eigenvalue weighted by Crippen LogP contribution is -2.19. The number of nitrogens with two attached hydrogens (primary N) is 1. The lowest BCUT2D eigenvalue weighted by Gasteiger charge is -2.14. The highest BCUT2D eigenvalue weighted by atomic mass is 16.2. The van der Waals surface area contributed by atoms with Crippen molar-refractivity contribution >= 4 is 17.4 Å². The number of carbonyl (C=O) groups is 1. The predicted molar refractivity (Wildman–Crippen MR) is 74.9 cm³/mol. The van der Waals surface area contributed by atoms with Crippen LogP contribution in [0, 0.1) is 0 Å². The summed E-state index contributed by atoms with van der Waals surface area (Å²) in [5.74, 6) is 0. The highest BCUT2D eigenvalue weighted by Crippen LogP contribution is 2.21. The first-order valence-corrected chi connectivity index (χ1v) is 5.96. The van der Waals surface area contributed by atoms with Crippen molar-refractivity contribution in [1.82, 2.24) is 9.78 Å². The maximum Gasteiger partial charge on any atom is 0.316 e. The molecule has 1 heterocycles. The van der Waals surface area contributed by atoms with Gasteiger partial charge in [0.25, 0.3) is 0 Å². The number of anilines is 2. The van der Waals surface area contributed by atoms with Gasteiger partial charge in [0.2, 0.25) is 0 Å². The molecule has 2 amide bonds. The fourth-order valence-corrected chi connectivity index (χ4v) is 1.83. The van der Waals surface area contributed by atoms with E-state index in [9.17, 15) is 4.79 Å². The number of carbonyl (C=O) groups excluding carboxylic acids is 1. The normalized spacial score (nSPS) is 11.9. The quantitative estimate of drug-likeness (QED) is 0.785. The van der Waals surface area contributed by atoms with Crippen molar-refractivity contribution in [2.45, 2.75) is 13.0 Å². The Morgan fingerprint density at radius 1 is 1.42 bits per heavy atom. The van der Waals surface area contributed by atoms with Crippen LogP contribution in [0.3, 0.4) is 0 Å². The molecule has 0 saturated carbocycles. The van der Waals surface area contributed by atoms with Gasteiger partial charge in [-0.1, -0.05) is 6.07 Å². The fraction of sp³-hybridized carbons (Fsp3) is 0.231. The zero-order valence-electron chi connectivity index (χ0n) is 10.9. The molecule has 0 aliphatic carbocycles. The highest BCUT2D eigenvalue weighted by molar-refractivity contribution is 5.88. The molecule has 0 fully saturated rings. The van der Waals surface area contributed by atoms with E-state index in [0.29, 0.717) is 5.69 Å². The average molecular weight is 259 g/mol. The van der Waals surface area contributed by atoms with E-state index in [4.69, 9.17) is 5.73 Å². The van der Waals surface area contributed by atoms with Crippen LogP contribution in [0.4, 0.5) is 16.2 Å². The number of nitrogens with one attached hydrogen (secondary N) is 2. The van der Waals surface area contributed by atoms with Gasteiger partial charge in [-0.25, -0.2) is 4.79 Å². The predicted octanol–water partition coefficient (Wildman–Crippen LogP) is 2.08. The topological polar surface area (TPSA) is 85.0 Å². The van der Waals surface area contributed by atoms with E-state index in [0.717, 1.165) is 11.3 Å². The van der Waals surface area contributed by atoms with Gasteiger partial charge in [0.15, 0.2) is 0 Å². The Morgan fingerprint density at radius 3 is 2.79 bits per heavy atom. The van der Waals surface area contributed by atoms with E-state index in [2.05, 4.69) is 15.7 Å². The highest BCUT2D eigenvalue weighted by Gasteiger charge is 2.07. The van der Waals surface area contributed by atoms with Gasteiger partial charge < -0.3 is 16.4 Å². The lowest BCUT2D eigenvalue weighted by molar-refractivity contribution is 0.259. The zero-order valence-corrected chi connectivity index (χ0v) is 10.9. The molecule has 0 spiro atoms. The van der Waals surface area contributed by atoms with Crippen molar-refractivity contribution < 1.29 is 4.79 Å². The maximum atomic E-state index is 10.8. The Hall–Kier alpha value is -2.50. The second-order valence-electron chi connectivity index (χ2n) is 4.38. The van der Waals surface area contributed by atoms with Crippen LogP contribution in [0.15, 0.2) is 36.7 Å². The number of aromatic nitrogens is 2. The summed E-state index contributed by atoms with van der Waals surface area (Å²) in [4.78, 5) is 10.8. The van der Waals surface area contributed by atoms with Crippen LogP contribution in [0.25, 0.3) is 0 Å². The molecule has 1 aromatic carbocycles. The largest absolute Gasteiger partial charge is 0.378 e. The molecule has 2 aromatic rings. The van der Waals surface area contributed by atoms with Crippen LogP contribution in [-0.4, -0.2) is 15.8 Å². The number of aryl methyl sites for hydroxylation is 1. The molecular formula is C13H17N5O. The lowest BCUT2D eigenvalue weighted by atomic mass is 10.1. The van der Waals surface area contributed by atoms with Gasteiger partial charge in [-0.2, -0.15) is 5.10 Å². The molecule has 1 aromatic heterocycles. The summed E-state index contributed by atoms with van der Waals surface area (Å²) in [6.07, 6.45) is 3.78. The molecule has 1 atom stereocenters. The average Bonchev–Trinajstić information content (AvgIpc) is 2.75. The molecule has 2 rings (SSSR count).